The number of carbonyl (C=O) groups excluding carboxylic acids is 1. The third-order valence-electron chi connectivity index (χ3n) is 1.05. The second-order valence-corrected chi connectivity index (χ2v) is 2.68. The second-order valence-electron chi connectivity index (χ2n) is 1.74. The van der Waals surface area contributed by atoms with Crippen LogP contribution in [0.15, 0.2) is 23.6 Å². The number of nitrogens with two attached hydrogens (primary N) is 1. The minimum Gasteiger partial charge on any atom is -0.397 e. The fourth-order valence-corrected chi connectivity index (χ4v) is 1.26. The third-order valence-corrected chi connectivity index (χ3v) is 1.97. The molecule has 0 aliphatic carbocycles. The molecule has 0 saturated carbocycles. The van der Waals surface area contributed by atoms with Gasteiger partial charge in [-0.3, -0.25) is 4.79 Å². The van der Waals surface area contributed by atoms with Gasteiger partial charge in [0.25, 0.3) is 0 Å². The van der Waals surface area contributed by atoms with Crippen LogP contribution in [0.3, 0.4) is 0 Å². The van der Waals surface area contributed by atoms with Crippen molar-refractivity contribution in [2.24, 2.45) is 5.73 Å². The summed E-state index contributed by atoms with van der Waals surface area (Å²) in [6.07, 6.45) is 2.04. The summed E-state index contributed by atoms with van der Waals surface area (Å²) in [5.41, 5.74) is 6.02. The summed E-state index contributed by atoms with van der Waals surface area (Å²) in [5, 5.41) is 1.92. The van der Waals surface area contributed by atoms with Crippen LogP contribution in [0, 0.1) is 0 Å². The van der Waals surface area contributed by atoms with Crippen molar-refractivity contribution < 1.29 is 4.79 Å². The molecule has 0 bridgehead atoms. The first kappa shape index (κ1) is 7.02. The Bertz CT molecular complexity index is 238. The van der Waals surface area contributed by atoms with Crippen LogP contribution >= 0.6 is 11.3 Å². The van der Waals surface area contributed by atoms with E-state index in [0.717, 1.165) is 4.88 Å². The van der Waals surface area contributed by atoms with Crippen LogP contribution in [0.1, 0.15) is 4.88 Å². The molecule has 0 aliphatic heterocycles. The third kappa shape index (κ3) is 1.45. The van der Waals surface area contributed by atoms with Crippen molar-refractivity contribution in [2.45, 2.75) is 0 Å². The van der Waals surface area contributed by atoms with Gasteiger partial charge >= 0.3 is 0 Å². The van der Waals surface area contributed by atoms with E-state index >= 15 is 0 Å². The molecule has 0 amide bonds. The van der Waals surface area contributed by atoms with Crippen LogP contribution in [0.25, 0.3) is 5.70 Å². The molecular formula is C7H7NOS. The zero-order valence-corrected chi connectivity index (χ0v) is 6.10. The number of rotatable bonds is 2. The predicted octanol–water partition coefficient (Wildman–Crippen LogP) is 1.25. The van der Waals surface area contributed by atoms with E-state index in [2.05, 4.69) is 0 Å². The van der Waals surface area contributed by atoms with Gasteiger partial charge < -0.3 is 5.73 Å². The zero-order valence-electron chi connectivity index (χ0n) is 5.28. The zero-order chi connectivity index (χ0) is 7.40. The highest BCUT2D eigenvalue weighted by Gasteiger charge is 1.93. The molecule has 2 nitrogen and oxygen atoms in total. The van der Waals surface area contributed by atoms with E-state index in [1.165, 1.54) is 17.4 Å². The lowest BCUT2D eigenvalue weighted by molar-refractivity contribution is -0.104. The van der Waals surface area contributed by atoms with Gasteiger partial charge in [-0.2, -0.15) is 0 Å². The Balaban J connectivity index is 2.86. The lowest BCUT2D eigenvalue weighted by Gasteiger charge is -1.90. The summed E-state index contributed by atoms with van der Waals surface area (Å²) in [6, 6.07) is 3.77. The minimum absolute atomic E-state index is 0.532. The molecule has 10 heavy (non-hydrogen) atoms. The van der Waals surface area contributed by atoms with Gasteiger partial charge in [-0.05, 0) is 11.4 Å². The number of aldehydes is 1. The molecule has 0 aromatic carbocycles. The van der Waals surface area contributed by atoms with Gasteiger partial charge in [0, 0.05) is 6.08 Å². The summed E-state index contributed by atoms with van der Waals surface area (Å²) in [4.78, 5) is 10.9. The average Bonchev–Trinajstić information content (AvgIpc) is 2.38. The van der Waals surface area contributed by atoms with Crippen LogP contribution < -0.4 is 5.73 Å². The maximum atomic E-state index is 9.96. The number of carbonyl (C=O) groups is 1. The van der Waals surface area contributed by atoms with Gasteiger partial charge in [0.05, 0.1) is 10.6 Å². The quantitative estimate of drug-likeness (QED) is 0.513. The van der Waals surface area contributed by atoms with Gasteiger partial charge in [-0.25, -0.2) is 0 Å². The summed E-state index contributed by atoms with van der Waals surface area (Å²) < 4.78 is 0. The molecule has 3 heteroatoms. The Hall–Kier alpha value is -1.09. The Morgan fingerprint density at radius 3 is 3.00 bits per heavy atom. The highest BCUT2D eigenvalue weighted by molar-refractivity contribution is 7.11. The molecule has 1 rings (SSSR count). The van der Waals surface area contributed by atoms with E-state index in [1.807, 2.05) is 17.5 Å². The summed E-state index contributed by atoms with van der Waals surface area (Å²) in [7, 11) is 0. The van der Waals surface area contributed by atoms with Crippen molar-refractivity contribution in [3.63, 3.8) is 0 Å². The lowest BCUT2D eigenvalue weighted by Crippen LogP contribution is -1.92. The molecule has 1 heterocycles. The van der Waals surface area contributed by atoms with Crippen LogP contribution in [0.2, 0.25) is 0 Å². The Morgan fingerprint density at radius 1 is 1.70 bits per heavy atom. The van der Waals surface area contributed by atoms with Gasteiger partial charge in [-0.15, -0.1) is 11.3 Å². The second kappa shape index (κ2) is 3.17. The van der Waals surface area contributed by atoms with Gasteiger partial charge in [0.2, 0.25) is 0 Å². The van der Waals surface area contributed by atoms with E-state index < -0.39 is 0 Å². The van der Waals surface area contributed by atoms with Crippen molar-refractivity contribution >= 4 is 23.3 Å². The monoisotopic (exact) mass is 153 g/mol. The van der Waals surface area contributed by atoms with Crippen LogP contribution in [-0.2, 0) is 4.79 Å². The van der Waals surface area contributed by atoms with Crippen molar-refractivity contribution in [1.82, 2.24) is 0 Å². The fraction of sp³-hybridized carbons (Fsp3) is 0. The van der Waals surface area contributed by atoms with Gasteiger partial charge in [-0.1, -0.05) is 6.07 Å². The molecule has 0 atom stereocenters. The van der Waals surface area contributed by atoms with E-state index in [0.29, 0.717) is 12.0 Å². The number of allylic oxidation sites excluding steroid dienone is 1. The van der Waals surface area contributed by atoms with E-state index in [4.69, 9.17) is 5.73 Å². The first-order valence-electron chi connectivity index (χ1n) is 2.79. The summed E-state index contributed by atoms with van der Waals surface area (Å²) in [5.74, 6) is 0. The molecule has 0 radical (unpaired) electrons. The summed E-state index contributed by atoms with van der Waals surface area (Å²) in [6.45, 7) is 0. The fourth-order valence-electron chi connectivity index (χ4n) is 0.598. The van der Waals surface area contributed by atoms with E-state index in [1.54, 1.807) is 0 Å². The molecule has 2 N–H and O–H groups in total. The standard InChI is InChI=1S/C7H7NOS/c8-6(3-4-9)7-2-1-5-10-7/h1-5H,8H2/b6-3-. The van der Waals surface area contributed by atoms with Crippen molar-refractivity contribution in [3.8, 4) is 0 Å². The first-order valence-corrected chi connectivity index (χ1v) is 3.67. The smallest absolute Gasteiger partial charge is 0.144 e. The molecule has 0 unspecified atom stereocenters. The maximum Gasteiger partial charge on any atom is 0.144 e. The van der Waals surface area contributed by atoms with Gasteiger partial charge in [0.15, 0.2) is 0 Å². The molecule has 0 spiro atoms. The van der Waals surface area contributed by atoms with Gasteiger partial charge in [0.1, 0.15) is 6.29 Å². The lowest BCUT2D eigenvalue weighted by atomic mass is 10.3. The number of hydrogen-bond donors (Lipinski definition) is 1. The highest BCUT2D eigenvalue weighted by Crippen LogP contribution is 2.14. The molecular weight excluding hydrogens is 146 g/mol. The van der Waals surface area contributed by atoms with Crippen molar-refractivity contribution in [3.05, 3.63) is 28.5 Å². The molecule has 0 fully saturated rings. The Labute approximate surface area is 63.0 Å². The average molecular weight is 153 g/mol. The minimum atomic E-state index is 0.532. The van der Waals surface area contributed by atoms with Crippen molar-refractivity contribution in [1.29, 1.82) is 0 Å². The molecule has 52 valence electrons. The van der Waals surface area contributed by atoms with E-state index in [-0.39, 0.29) is 0 Å². The first-order chi connectivity index (χ1) is 4.84. The predicted molar refractivity (Wildman–Crippen MR) is 42.5 cm³/mol. The van der Waals surface area contributed by atoms with Crippen LogP contribution in [0.5, 0.6) is 0 Å². The number of thiophene rings is 1. The van der Waals surface area contributed by atoms with Crippen LogP contribution in [-0.4, -0.2) is 6.29 Å². The maximum absolute atomic E-state index is 9.96. The number of hydrogen-bond acceptors (Lipinski definition) is 3. The SMILES string of the molecule is N/C(=C\C=O)c1cccs1. The Morgan fingerprint density at radius 2 is 2.50 bits per heavy atom. The molecule has 0 aliphatic rings. The summed E-state index contributed by atoms with van der Waals surface area (Å²) >= 11 is 1.52. The van der Waals surface area contributed by atoms with Crippen LogP contribution in [0.4, 0.5) is 0 Å². The molecule has 0 saturated heterocycles. The van der Waals surface area contributed by atoms with E-state index in [9.17, 15) is 4.79 Å². The Kier molecular flexibility index (Phi) is 2.23. The topological polar surface area (TPSA) is 43.1 Å². The highest BCUT2D eigenvalue weighted by atomic mass is 32.1. The molecule has 1 aromatic rings. The normalized spacial score (nSPS) is 11.4. The molecule has 1 aromatic heterocycles. The largest absolute Gasteiger partial charge is 0.397 e. The van der Waals surface area contributed by atoms with Crippen molar-refractivity contribution in [2.75, 3.05) is 0 Å².